The molecule has 35 heavy (non-hydrogen) atoms. The lowest BCUT2D eigenvalue weighted by atomic mass is 10.2. The van der Waals surface area contributed by atoms with E-state index in [4.69, 9.17) is 14.6 Å². The predicted octanol–water partition coefficient (Wildman–Crippen LogP) is 4.80. The second-order valence-electron chi connectivity index (χ2n) is 7.77. The van der Waals surface area contributed by atoms with Crippen molar-refractivity contribution in [3.63, 3.8) is 0 Å². The fraction of sp³-hybridized carbons (Fsp3) is 0.269. The molecule has 3 rings (SSSR count). The third-order valence-corrected chi connectivity index (χ3v) is 7.79. The number of para-hydroxylation sites is 1. The molecule has 0 aliphatic carbocycles. The van der Waals surface area contributed by atoms with Crippen LogP contribution in [0.3, 0.4) is 0 Å². The van der Waals surface area contributed by atoms with Gasteiger partial charge in [0.2, 0.25) is 0 Å². The first-order chi connectivity index (χ1) is 16.8. The molecule has 186 valence electrons. The zero-order valence-corrected chi connectivity index (χ0v) is 21.1. The zero-order chi connectivity index (χ0) is 25.1. The highest BCUT2D eigenvalue weighted by Gasteiger charge is 2.14. The van der Waals surface area contributed by atoms with E-state index in [1.165, 1.54) is 0 Å². The summed E-state index contributed by atoms with van der Waals surface area (Å²) >= 11 is 1.67. The lowest BCUT2D eigenvalue weighted by Crippen LogP contribution is -2.21. The summed E-state index contributed by atoms with van der Waals surface area (Å²) in [5.41, 5.74) is 0.883. The Morgan fingerprint density at radius 3 is 2.37 bits per heavy atom. The normalized spacial score (nSPS) is 11.2. The Bertz CT molecular complexity index is 1200. The van der Waals surface area contributed by atoms with Gasteiger partial charge in [-0.15, -0.1) is 11.8 Å². The van der Waals surface area contributed by atoms with Crippen molar-refractivity contribution in [3.05, 3.63) is 78.4 Å². The number of hydrogen-bond acceptors (Lipinski definition) is 7. The maximum Gasteiger partial charge on any atom is 0.341 e. The first-order valence-electron chi connectivity index (χ1n) is 11.2. The van der Waals surface area contributed by atoms with Crippen molar-refractivity contribution in [1.82, 2.24) is 5.32 Å². The Morgan fingerprint density at radius 2 is 1.69 bits per heavy atom. The Hall–Kier alpha value is -3.01. The molecule has 0 aliphatic rings. The van der Waals surface area contributed by atoms with Gasteiger partial charge in [0.15, 0.2) is 16.4 Å². The molecule has 9 heteroatoms. The van der Waals surface area contributed by atoms with Crippen molar-refractivity contribution in [1.29, 1.82) is 0 Å². The molecule has 0 radical (unpaired) electrons. The van der Waals surface area contributed by atoms with Crippen LogP contribution in [0.1, 0.15) is 12.0 Å². The first-order valence-corrected chi connectivity index (χ1v) is 13.8. The van der Waals surface area contributed by atoms with Crippen LogP contribution in [0.5, 0.6) is 17.2 Å². The molecule has 0 aromatic heterocycles. The number of carboxylic acids is 1. The summed E-state index contributed by atoms with van der Waals surface area (Å²) in [4.78, 5) is 12.0. The van der Waals surface area contributed by atoms with E-state index < -0.39 is 15.8 Å². The lowest BCUT2D eigenvalue weighted by molar-refractivity contribution is -0.139. The van der Waals surface area contributed by atoms with Gasteiger partial charge in [0.1, 0.15) is 17.2 Å². The van der Waals surface area contributed by atoms with E-state index in [0.717, 1.165) is 22.8 Å². The number of rotatable bonds is 14. The summed E-state index contributed by atoms with van der Waals surface area (Å²) in [7, 11) is -3.35. The van der Waals surface area contributed by atoms with Gasteiger partial charge < -0.3 is 19.9 Å². The minimum absolute atomic E-state index is 0.0725. The summed E-state index contributed by atoms with van der Waals surface area (Å²) in [5, 5.41) is 12.0. The molecule has 3 aromatic carbocycles. The highest BCUT2D eigenvalue weighted by Crippen LogP contribution is 2.26. The minimum Gasteiger partial charge on any atom is -0.482 e. The molecule has 0 fully saturated rings. The second kappa shape index (κ2) is 13.2. The number of benzene rings is 3. The molecule has 0 bridgehead atoms. The summed E-state index contributed by atoms with van der Waals surface area (Å²) in [6.07, 6.45) is 0.518. The number of thioether (sulfide) groups is 1. The molecule has 0 heterocycles. The van der Waals surface area contributed by atoms with Crippen molar-refractivity contribution in [2.24, 2.45) is 0 Å². The van der Waals surface area contributed by atoms with Gasteiger partial charge in [-0.25, -0.2) is 13.2 Å². The smallest absolute Gasteiger partial charge is 0.341 e. The van der Waals surface area contributed by atoms with E-state index in [-0.39, 0.29) is 12.4 Å². The zero-order valence-electron chi connectivity index (χ0n) is 19.5. The van der Waals surface area contributed by atoms with E-state index in [1.807, 2.05) is 49.4 Å². The first kappa shape index (κ1) is 26.6. The average Bonchev–Trinajstić information content (AvgIpc) is 2.84. The Labute approximate surface area is 210 Å². The number of ether oxygens (including phenoxy) is 2. The van der Waals surface area contributed by atoms with E-state index >= 15 is 0 Å². The number of aryl methyl sites for hydroxylation is 1. The van der Waals surface area contributed by atoms with Crippen LogP contribution in [-0.4, -0.2) is 50.7 Å². The SMILES string of the molecule is Cc1cc(SCCNCCCS(=O)(=O)c2ccc(Oc3ccccc3)cc2)ccc1OCC(=O)O. The largest absolute Gasteiger partial charge is 0.482 e. The van der Waals surface area contributed by atoms with E-state index in [0.29, 0.717) is 35.1 Å². The Balaban J connectivity index is 1.34. The maximum absolute atomic E-state index is 12.6. The fourth-order valence-electron chi connectivity index (χ4n) is 3.22. The standard InChI is InChI=1S/C26H29NO6S2/c1-20-18-23(10-13-25(20)32-19-26(28)29)34-16-15-27-14-5-17-35(30,31)24-11-8-22(9-12-24)33-21-6-3-2-4-7-21/h2-4,6-13,18,27H,5,14-17,19H2,1H3,(H,28,29). The van der Waals surface area contributed by atoms with Crippen molar-refractivity contribution >= 4 is 27.6 Å². The molecule has 3 aromatic rings. The second-order valence-corrected chi connectivity index (χ2v) is 11.0. The van der Waals surface area contributed by atoms with Gasteiger partial charge in [0.05, 0.1) is 10.6 Å². The Morgan fingerprint density at radius 1 is 0.971 bits per heavy atom. The predicted molar refractivity (Wildman–Crippen MR) is 138 cm³/mol. The fourth-order valence-corrected chi connectivity index (χ4v) is 5.44. The summed E-state index contributed by atoms with van der Waals surface area (Å²) < 4.78 is 36.2. The van der Waals surface area contributed by atoms with Gasteiger partial charge in [-0.3, -0.25) is 0 Å². The van der Waals surface area contributed by atoms with Gasteiger partial charge >= 0.3 is 5.97 Å². The van der Waals surface area contributed by atoms with Crippen LogP contribution >= 0.6 is 11.8 Å². The van der Waals surface area contributed by atoms with Crippen molar-refractivity contribution in [2.75, 3.05) is 31.2 Å². The quantitative estimate of drug-likeness (QED) is 0.233. The number of carbonyl (C=O) groups is 1. The molecular formula is C26H29NO6S2. The van der Waals surface area contributed by atoms with E-state index in [1.54, 1.807) is 42.1 Å². The van der Waals surface area contributed by atoms with Crippen LogP contribution < -0.4 is 14.8 Å². The van der Waals surface area contributed by atoms with Crippen LogP contribution in [0.15, 0.2) is 82.6 Å². The van der Waals surface area contributed by atoms with Gasteiger partial charge in [-0.1, -0.05) is 18.2 Å². The molecule has 2 N–H and O–H groups in total. The number of nitrogens with one attached hydrogen (secondary N) is 1. The number of carboxylic acid groups (broad SMARTS) is 1. The molecular weight excluding hydrogens is 486 g/mol. The summed E-state index contributed by atoms with van der Waals surface area (Å²) in [5.74, 6) is 1.74. The van der Waals surface area contributed by atoms with Crippen molar-refractivity contribution in [2.45, 2.75) is 23.1 Å². The molecule has 0 saturated carbocycles. The number of sulfone groups is 1. The van der Waals surface area contributed by atoms with Crippen LogP contribution in [0.4, 0.5) is 0 Å². The summed E-state index contributed by atoms with van der Waals surface area (Å²) in [6.45, 7) is 2.87. The third kappa shape index (κ3) is 8.93. The maximum atomic E-state index is 12.6. The van der Waals surface area contributed by atoms with Crippen molar-refractivity contribution < 1.29 is 27.8 Å². The van der Waals surface area contributed by atoms with E-state index in [2.05, 4.69) is 5.32 Å². The third-order valence-electron chi connectivity index (χ3n) is 4.97. The van der Waals surface area contributed by atoms with Crippen LogP contribution in [0.2, 0.25) is 0 Å². The molecule has 7 nitrogen and oxygen atoms in total. The lowest BCUT2D eigenvalue weighted by Gasteiger charge is -2.10. The van der Waals surface area contributed by atoms with Gasteiger partial charge in [-0.2, -0.15) is 0 Å². The Kier molecular flexibility index (Phi) is 10.0. The van der Waals surface area contributed by atoms with Crippen LogP contribution in [-0.2, 0) is 14.6 Å². The topological polar surface area (TPSA) is 102 Å². The summed E-state index contributed by atoms with van der Waals surface area (Å²) in [6, 6.07) is 21.5. The molecule has 0 amide bonds. The number of aliphatic carboxylic acids is 1. The molecule has 0 aliphatic heterocycles. The van der Waals surface area contributed by atoms with Gasteiger partial charge in [-0.05, 0) is 80.1 Å². The van der Waals surface area contributed by atoms with Crippen LogP contribution in [0.25, 0.3) is 0 Å². The monoisotopic (exact) mass is 515 g/mol. The highest BCUT2D eigenvalue weighted by molar-refractivity contribution is 7.99. The molecule has 0 spiro atoms. The molecule has 0 atom stereocenters. The van der Waals surface area contributed by atoms with Crippen molar-refractivity contribution in [3.8, 4) is 17.2 Å². The molecule has 0 saturated heterocycles. The van der Waals surface area contributed by atoms with Crippen LogP contribution in [0, 0.1) is 6.92 Å². The minimum atomic E-state index is -3.35. The average molecular weight is 516 g/mol. The van der Waals surface area contributed by atoms with Gasteiger partial charge in [0.25, 0.3) is 0 Å². The van der Waals surface area contributed by atoms with E-state index in [9.17, 15) is 13.2 Å². The van der Waals surface area contributed by atoms with Gasteiger partial charge in [0, 0.05) is 17.2 Å². The highest BCUT2D eigenvalue weighted by atomic mass is 32.2. The number of hydrogen-bond donors (Lipinski definition) is 2. The molecule has 0 unspecified atom stereocenters.